The van der Waals surface area contributed by atoms with Gasteiger partial charge in [-0.25, -0.2) is 4.68 Å². The standard InChI is InChI=1S/C13H12BrF3N2O/c1-2-3-10-11(14)12(20)19(18-10)9-6-4-8(5-7-9)13(15,16)17/h4-7,18H,2-3H2,1H3. The molecule has 0 aliphatic carbocycles. The third-order valence-electron chi connectivity index (χ3n) is 2.86. The average Bonchev–Trinajstić information content (AvgIpc) is 2.67. The largest absolute Gasteiger partial charge is 0.416 e. The maximum Gasteiger partial charge on any atom is 0.416 e. The predicted octanol–water partition coefficient (Wildman–Crippen LogP) is 3.90. The minimum atomic E-state index is -4.38. The van der Waals surface area contributed by atoms with Gasteiger partial charge in [0.15, 0.2) is 0 Å². The minimum absolute atomic E-state index is 0.312. The third-order valence-corrected chi connectivity index (χ3v) is 3.67. The van der Waals surface area contributed by atoms with Crippen LogP contribution in [0.5, 0.6) is 0 Å². The van der Waals surface area contributed by atoms with Crippen molar-refractivity contribution < 1.29 is 13.2 Å². The molecule has 0 unspecified atom stereocenters. The number of aromatic nitrogens is 2. The number of hydrogen-bond acceptors (Lipinski definition) is 1. The van der Waals surface area contributed by atoms with Crippen molar-refractivity contribution in [2.24, 2.45) is 0 Å². The molecular formula is C13H12BrF3N2O. The first-order valence-corrected chi connectivity index (χ1v) is 6.81. The highest BCUT2D eigenvalue weighted by Crippen LogP contribution is 2.29. The van der Waals surface area contributed by atoms with Crippen LogP contribution in [0.15, 0.2) is 33.5 Å². The summed E-state index contributed by atoms with van der Waals surface area (Å²) in [5, 5.41) is 2.90. The number of hydrogen-bond donors (Lipinski definition) is 1. The van der Waals surface area contributed by atoms with Gasteiger partial charge in [-0.3, -0.25) is 9.89 Å². The highest BCUT2D eigenvalue weighted by molar-refractivity contribution is 9.10. The lowest BCUT2D eigenvalue weighted by Crippen LogP contribution is -2.15. The molecule has 20 heavy (non-hydrogen) atoms. The van der Waals surface area contributed by atoms with Crippen molar-refractivity contribution >= 4 is 15.9 Å². The van der Waals surface area contributed by atoms with Gasteiger partial charge in [0.05, 0.1) is 16.9 Å². The molecule has 0 bridgehead atoms. The molecule has 2 rings (SSSR count). The van der Waals surface area contributed by atoms with E-state index in [0.717, 1.165) is 24.2 Å². The number of rotatable bonds is 3. The van der Waals surface area contributed by atoms with Crippen LogP contribution in [0.2, 0.25) is 0 Å². The molecule has 0 fully saturated rings. The van der Waals surface area contributed by atoms with Crippen molar-refractivity contribution in [1.29, 1.82) is 0 Å². The van der Waals surface area contributed by atoms with Gasteiger partial charge in [-0.05, 0) is 46.6 Å². The van der Waals surface area contributed by atoms with Gasteiger partial charge >= 0.3 is 6.18 Å². The molecule has 0 atom stereocenters. The normalized spacial score (nSPS) is 11.8. The molecule has 0 saturated heterocycles. The second-order valence-electron chi connectivity index (χ2n) is 4.34. The molecule has 108 valence electrons. The van der Waals surface area contributed by atoms with Crippen LogP contribution in [-0.2, 0) is 12.6 Å². The minimum Gasteiger partial charge on any atom is -0.294 e. The fourth-order valence-electron chi connectivity index (χ4n) is 1.86. The zero-order chi connectivity index (χ0) is 14.9. The lowest BCUT2D eigenvalue weighted by Gasteiger charge is -2.07. The third kappa shape index (κ3) is 2.82. The molecule has 0 aliphatic heterocycles. The first-order valence-electron chi connectivity index (χ1n) is 6.01. The lowest BCUT2D eigenvalue weighted by molar-refractivity contribution is -0.137. The van der Waals surface area contributed by atoms with Gasteiger partial charge < -0.3 is 0 Å². The molecule has 0 radical (unpaired) electrons. The molecule has 1 heterocycles. The quantitative estimate of drug-likeness (QED) is 0.897. The van der Waals surface area contributed by atoms with Gasteiger partial charge in [0.25, 0.3) is 5.56 Å². The monoisotopic (exact) mass is 348 g/mol. The molecule has 7 heteroatoms. The van der Waals surface area contributed by atoms with Crippen molar-refractivity contribution in [2.45, 2.75) is 25.9 Å². The Hall–Kier alpha value is -1.50. The highest BCUT2D eigenvalue weighted by Gasteiger charge is 2.30. The summed E-state index contributed by atoms with van der Waals surface area (Å²) in [6.45, 7) is 1.97. The Labute approximate surface area is 121 Å². The van der Waals surface area contributed by atoms with Gasteiger partial charge in [0.2, 0.25) is 0 Å². The summed E-state index contributed by atoms with van der Waals surface area (Å²) in [6.07, 6.45) is -2.85. The Balaban J connectivity index is 2.42. The number of aryl methyl sites for hydroxylation is 1. The van der Waals surface area contributed by atoms with Gasteiger partial charge in [0, 0.05) is 0 Å². The van der Waals surface area contributed by atoms with E-state index in [-0.39, 0.29) is 5.56 Å². The Morgan fingerprint density at radius 2 is 1.85 bits per heavy atom. The lowest BCUT2D eigenvalue weighted by atomic mass is 10.2. The average molecular weight is 349 g/mol. The van der Waals surface area contributed by atoms with E-state index < -0.39 is 11.7 Å². The smallest absolute Gasteiger partial charge is 0.294 e. The van der Waals surface area contributed by atoms with Crippen LogP contribution in [-0.4, -0.2) is 9.78 Å². The molecular weight excluding hydrogens is 337 g/mol. The summed E-state index contributed by atoms with van der Waals surface area (Å²) in [4.78, 5) is 12.0. The van der Waals surface area contributed by atoms with E-state index >= 15 is 0 Å². The zero-order valence-corrected chi connectivity index (χ0v) is 12.2. The van der Waals surface area contributed by atoms with Crippen LogP contribution in [0.4, 0.5) is 13.2 Å². The molecule has 2 aromatic rings. The van der Waals surface area contributed by atoms with Gasteiger partial charge in [-0.1, -0.05) is 13.3 Å². The molecule has 1 N–H and O–H groups in total. The fraction of sp³-hybridized carbons (Fsp3) is 0.308. The second kappa shape index (κ2) is 5.47. The number of nitrogens with one attached hydrogen (secondary N) is 1. The molecule has 0 saturated carbocycles. The van der Waals surface area contributed by atoms with Crippen LogP contribution in [0, 0.1) is 0 Å². The number of alkyl halides is 3. The summed E-state index contributed by atoms with van der Waals surface area (Å²) >= 11 is 3.20. The molecule has 0 amide bonds. The van der Waals surface area contributed by atoms with E-state index in [0.29, 0.717) is 16.6 Å². The van der Waals surface area contributed by atoms with Gasteiger partial charge in [0.1, 0.15) is 4.47 Å². The van der Waals surface area contributed by atoms with E-state index in [1.165, 1.54) is 16.8 Å². The van der Waals surface area contributed by atoms with Crippen molar-refractivity contribution in [1.82, 2.24) is 9.78 Å². The van der Waals surface area contributed by atoms with Crippen molar-refractivity contribution in [3.63, 3.8) is 0 Å². The SMILES string of the molecule is CCCc1[nH]n(-c2ccc(C(F)(F)F)cc2)c(=O)c1Br. The number of nitrogens with zero attached hydrogens (tertiary/aromatic N) is 1. The van der Waals surface area contributed by atoms with E-state index in [1.807, 2.05) is 6.92 Å². The Kier molecular flexibility index (Phi) is 4.08. The van der Waals surface area contributed by atoms with E-state index in [4.69, 9.17) is 0 Å². The van der Waals surface area contributed by atoms with Gasteiger partial charge in [-0.2, -0.15) is 13.2 Å². The van der Waals surface area contributed by atoms with E-state index in [1.54, 1.807) is 0 Å². The van der Waals surface area contributed by atoms with Crippen LogP contribution < -0.4 is 5.56 Å². The number of halogens is 4. The fourth-order valence-corrected chi connectivity index (χ4v) is 2.32. The Morgan fingerprint density at radius 1 is 1.25 bits per heavy atom. The summed E-state index contributed by atoms with van der Waals surface area (Å²) in [7, 11) is 0. The molecule has 0 spiro atoms. The Bertz CT molecular complexity index is 656. The summed E-state index contributed by atoms with van der Waals surface area (Å²) in [5.74, 6) is 0. The molecule has 1 aromatic heterocycles. The zero-order valence-electron chi connectivity index (χ0n) is 10.6. The topological polar surface area (TPSA) is 37.8 Å². The summed E-state index contributed by atoms with van der Waals surface area (Å²) in [5.41, 5.74) is 0.0466. The molecule has 0 aliphatic rings. The molecule has 1 aromatic carbocycles. The summed E-state index contributed by atoms with van der Waals surface area (Å²) in [6, 6.07) is 4.44. The summed E-state index contributed by atoms with van der Waals surface area (Å²) < 4.78 is 39.1. The van der Waals surface area contributed by atoms with Gasteiger partial charge in [-0.15, -0.1) is 0 Å². The predicted molar refractivity (Wildman–Crippen MR) is 73.1 cm³/mol. The number of H-pyrrole nitrogens is 1. The number of aromatic amines is 1. The van der Waals surface area contributed by atoms with Crippen LogP contribution in [0.1, 0.15) is 24.6 Å². The van der Waals surface area contributed by atoms with Crippen molar-refractivity contribution in [3.05, 3.63) is 50.3 Å². The van der Waals surface area contributed by atoms with E-state index in [9.17, 15) is 18.0 Å². The first kappa shape index (κ1) is 14.9. The van der Waals surface area contributed by atoms with Crippen molar-refractivity contribution in [2.75, 3.05) is 0 Å². The maximum atomic E-state index is 12.5. The van der Waals surface area contributed by atoms with Crippen LogP contribution in [0.3, 0.4) is 0 Å². The van der Waals surface area contributed by atoms with Crippen LogP contribution in [0.25, 0.3) is 5.69 Å². The second-order valence-corrected chi connectivity index (χ2v) is 5.13. The first-order chi connectivity index (χ1) is 9.34. The maximum absolute atomic E-state index is 12.5. The number of benzene rings is 1. The van der Waals surface area contributed by atoms with Crippen molar-refractivity contribution in [3.8, 4) is 5.69 Å². The Morgan fingerprint density at radius 3 is 2.35 bits per heavy atom. The van der Waals surface area contributed by atoms with Crippen LogP contribution >= 0.6 is 15.9 Å². The molecule has 3 nitrogen and oxygen atoms in total. The van der Waals surface area contributed by atoms with E-state index in [2.05, 4.69) is 21.0 Å². The highest BCUT2D eigenvalue weighted by atomic mass is 79.9.